The molecule has 0 saturated carbocycles. The van der Waals surface area contributed by atoms with Crippen LogP contribution in [0.2, 0.25) is 0 Å². The molecule has 1 unspecified atom stereocenters. The third-order valence-electron chi connectivity index (χ3n) is 4.45. The summed E-state index contributed by atoms with van der Waals surface area (Å²) < 4.78 is 23.4. The lowest BCUT2D eigenvalue weighted by Gasteiger charge is -2.17. The number of hydrogen-bond acceptors (Lipinski definition) is 4. The van der Waals surface area contributed by atoms with Crippen LogP contribution in [0.1, 0.15) is 28.4 Å². The first kappa shape index (κ1) is 21.4. The number of ether oxygens (including phenoxy) is 2. The number of nitrogens with one attached hydrogen (secondary N) is 2. The first-order chi connectivity index (χ1) is 13.5. The predicted octanol–water partition coefficient (Wildman–Crippen LogP) is 1.34. The Bertz CT molecular complexity index is 809. The molecule has 1 atom stereocenters. The minimum atomic E-state index is -0.407. The minimum Gasteiger partial charge on any atom is -0.494 e. The molecule has 2 aromatic carbocycles. The fourth-order valence-electron chi connectivity index (χ4n) is 2.79. The summed E-state index contributed by atoms with van der Waals surface area (Å²) in [6, 6.07) is 11.7. The van der Waals surface area contributed by atoms with Gasteiger partial charge >= 0.3 is 5.97 Å². The van der Waals surface area contributed by atoms with Crippen LogP contribution >= 0.6 is 0 Å². The van der Waals surface area contributed by atoms with Crippen molar-refractivity contribution in [3.8, 4) is 5.75 Å². The van der Waals surface area contributed by atoms with E-state index < -0.39 is 11.8 Å². The molecule has 7 heteroatoms. The van der Waals surface area contributed by atoms with Crippen molar-refractivity contribution in [2.24, 2.45) is 0 Å². The summed E-state index contributed by atoms with van der Waals surface area (Å²) in [4.78, 5) is 24.7. The van der Waals surface area contributed by atoms with Crippen LogP contribution in [0.3, 0.4) is 0 Å². The number of benzene rings is 2. The molecule has 0 aromatic heterocycles. The van der Waals surface area contributed by atoms with Crippen molar-refractivity contribution in [1.82, 2.24) is 5.32 Å². The van der Waals surface area contributed by atoms with Crippen molar-refractivity contribution in [3.05, 3.63) is 65.0 Å². The Kier molecular flexibility index (Phi) is 7.95. The van der Waals surface area contributed by atoms with E-state index in [1.54, 1.807) is 36.4 Å². The fourth-order valence-corrected chi connectivity index (χ4v) is 2.79. The van der Waals surface area contributed by atoms with Gasteiger partial charge in [0.05, 0.1) is 26.3 Å². The highest BCUT2D eigenvalue weighted by Gasteiger charge is 2.14. The maximum absolute atomic E-state index is 13.8. The Morgan fingerprint density at radius 3 is 2.32 bits per heavy atom. The number of amides is 1. The largest absolute Gasteiger partial charge is 0.494 e. The van der Waals surface area contributed by atoms with E-state index in [-0.39, 0.29) is 18.2 Å². The molecule has 0 spiro atoms. The number of carbonyl (C=O) groups is 2. The molecule has 150 valence electrons. The smallest absolute Gasteiger partial charge is 0.337 e. The van der Waals surface area contributed by atoms with Crippen molar-refractivity contribution in [3.63, 3.8) is 0 Å². The minimum absolute atomic E-state index is 0.0946. The molecule has 0 saturated heterocycles. The Labute approximate surface area is 164 Å². The first-order valence-electron chi connectivity index (χ1n) is 9.06. The molecule has 0 aliphatic rings. The van der Waals surface area contributed by atoms with Crippen molar-refractivity contribution in [2.45, 2.75) is 20.0 Å². The SMILES string of the molecule is CC[NH+](CC(=O)NCc1ccc(C(=O)OC)cc1)Cc1ccc(OC)c(F)c1. The number of hydrogen-bond donors (Lipinski definition) is 2. The van der Waals surface area contributed by atoms with E-state index >= 15 is 0 Å². The van der Waals surface area contributed by atoms with Crippen molar-refractivity contribution in [2.75, 3.05) is 27.3 Å². The predicted molar refractivity (Wildman–Crippen MR) is 103 cm³/mol. The second kappa shape index (κ2) is 10.4. The van der Waals surface area contributed by atoms with Gasteiger partial charge in [-0.3, -0.25) is 4.79 Å². The lowest BCUT2D eigenvalue weighted by molar-refractivity contribution is -0.904. The number of rotatable bonds is 9. The van der Waals surface area contributed by atoms with Gasteiger partial charge in [-0.15, -0.1) is 0 Å². The van der Waals surface area contributed by atoms with Gasteiger partial charge in [0.1, 0.15) is 6.54 Å². The van der Waals surface area contributed by atoms with Gasteiger partial charge in [0.25, 0.3) is 5.91 Å². The summed E-state index contributed by atoms with van der Waals surface area (Å²) in [6.07, 6.45) is 0. The van der Waals surface area contributed by atoms with E-state index in [4.69, 9.17) is 4.74 Å². The van der Waals surface area contributed by atoms with Crippen LogP contribution in [0.4, 0.5) is 4.39 Å². The van der Waals surface area contributed by atoms with E-state index in [0.717, 1.165) is 22.6 Å². The zero-order valence-corrected chi connectivity index (χ0v) is 16.4. The topological polar surface area (TPSA) is 69.1 Å². The highest BCUT2D eigenvalue weighted by Crippen LogP contribution is 2.17. The Morgan fingerprint density at radius 2 is 1.75 bits per heavy atom. The molecular weight excluding hydrogens is 363 g/mol. The van der Waals surface area contributed by atoms with Gasteiger partial charge in [-0.25, -0.2) is 9.18 Å². The summed E-state index contributed by atoms with van der Waals surface area (Å²) in [5.74, 6) is -0.691. The van der Waals surface area contributed by atoms with Crippen LogP contribution in [0.5, 0.6) is 5.75 Å². The Hall–Kier alpha value is -2.93. The van der Waals surface area contributed by atoms with Crippen LogP contribution in [0, 0.1) is 5.82 Å². The number of halogens is 1. The van der Waals surface area contributed by atoms with Gasteiger partial charge in [0.2, 0.25) is 0 Å². The lowest BCUT2D eigenvalue weighted by atomic mass is 10.1. The second-order valence-corrected chi connectivity index (χ2v) is 6.39. The summed E-state index contributed by atoms with van der Waals surface area (Å²) in [5, 5.41) is 2.87. The van der Waals surface area contributed by atoms with Gasteiger partial charge < -0.3 is 19.7 Å². The zero-order chi connectivity index (χ0) is 20.5. The number of methoxy groups -OCH3 is 2. The molecule has 1 amide bonds. The van der Waals surface area contributed by atoms with Crippen LogP contribution in [-0.2, 0) is 22.6 Å². The van der Waals surface area contributed by atoms with Crippen LogP contribution in [0.15, 0.2) is 42.5 Å². The Morgan fingerprint density at radius 1 is 1.07 bits per heavy atom. The molecule has 0 bridgehead atoms. The maximum atomic E-state index is 13.8. The molecule has 2 aromatic rings. The normalized spacial score (nSPS) is 11.6. The fraction of sp³-hybridized carbons (Fsp3) is 0.333. The average Bonchev–Trinajstić information content (AvgIpc) is 2.71. The molecule has 0 heterocycles. The molecule has 0 aliphatic heterocycles. The number of quaternary nitrogens is 1. The third-order valence-corrected chi connectivity index (χ3v) is 4.45. The van der Waals surface area contributed by atoms with Gasteiger partial charge in [0, 0.05) is 12.1 Å². The standard InChI is InChI=1S/C21H25FN2O4/c1-4-24(13-16-7-10-19(27-2)18(22)11-16)14-20(25)23-12-15-5-8-17(9-6-15)21(26)28-3/h5-11H,4,12-14H2,1-3H3,(H,23,25)/p+1. The van der Waals surface area contributed by atoms with Gasteiger partial charge in [-0.2, -0.15) is 0 Å². The monoisotopic (exact) mass is 389 g/mol. The third kappa shape index (κ3) is 6.06. The summed E-state index contributed by atoms with van der Waals surface area (Å²) in [6.45, 7) is 3.90. The molecular formula is C21H26FN2O4+. The van der Waals surface area contributed by atoms with Gasteiger partial charge in [-0.1, -0.05) is 12.1 Å². The highest BCUT2D eigenvalue weighted by atomic mass is 19.1. The van der Waals surface area contributed by atoms with E-state index in [1.807, 2.05) is 6.92 Å². The van der Waals surface area contributed by atoms with Crippen molar-refractivity contribution >= 4 is 11.9 Å². The molecule has 2 rings (SSSR count). The second-order valence-electron chi connectivity index (χ2n) is 6.39. The summed E-state index contributed by atoms with van der Waals surface area (Å²) >= 11 is 0. The molecule has 2 N–H and O–H groups in total. The number of likely N-dealkylation sites (N-methyl/N-ethyl adjacent to an activating group) is 1. The van der Waals surface area contributed by atoms with Crippen LogP contribution in [0.25, 0.3) is 0 Å². The first-order valence-corrected chi connectivity index (χ1v) is 9.06. The number of esters is 1. The van der Waals surface area contributed by atoms with E-state index in [0.29, 0.717) is 18.7 Å². The van der Waals surface area contributed by atoms with E-state index in [9.17, 15) is 14.0 Å². The van der Waals surface area contributed by atoms with Crippen LogP contribution in [-0.4, -0.2) is 39.2 Å². The molecule has 6 nitrogen and oxygen atoms in total. The maximum Gasteiger partial charge on any atom is 0.337 e. The molecule has 0 aliphatic carbocycles. The van der Waals surface area contributed by atoms with E-state index in [1.165, 1.54) is 20.3 Å². The Balaban J connectivity index is 1.86. The summed E-state index contributed by atoms with van der Waals surface area (Å²) in [5.41, 5.74) is 2.16. The van der Waals surface area contributed by atoms with Gasteiger partial charge in [0.15, 0.2) is 18.1 Å². The molecule has 28 heavy (non-hydrogen) atoms. The van der Waals surface area contributed by atoms with Crippen molar-refractivity contribution in [1.29, 1.82) is 0 Å². The lowest BCUT2D eigenvalue weighted by Crippen LogP contribution is -3.11. The van der Waals surface area contributed by atoms with Crippen LogP contribution < -0.4 is 15.0 Å². The molecule has 0 radical (unpaired) electrons. The summed E-state index contributed by atoms with van der Waals surface area (Å²) in [7, 11) is 2.76. The van der Waals surface area contributed by atoms with E-state index in [2.05, 4.69) is 10.1 Å². The highest BCUT2D eigenvalue weighted by molar-refractivity contribution is 5.89. The van der Waals surface area contributed by atoms with Gasteiger partial charge in [-0.05, 0) is 42.8 Å². The molecule has 0 fully saturated rings. The van der Waals surface area contributed by atoms with Crippen molar-refractivity contribution < 1.29 is 28.4 Å². The number of carbonyl (C=O) groups excluding carboxylic acids is 2. The average molecular weight is 389 g/mol. The zero-order valence-electron chi connectivity index (χ0n) is 16.4. The quantitative estimate of drug-likeness (QED) is 0.635.